The van der Waals surface area contributed by atoms with E-state index in [-0.39, 0.29) is 5.60 Å². The zero-order valence-corrected chi connectivity index (χ0v) is 12.6. The lowest BCUT2D eigenvalue weighted by Crippen LogP contribution is -2.37. The standard InChI is InChI=1S/C15H31NO2/c1-5-16-13(12-15(2,3)17-4)8-6-9-14-10-7-11-18-14/h13-14,16H,5-12H2,1-4H3. The van der Waals surface area contributed by atoms with E-state index in [1.807, 2.05) is 0 Å². The van der Waals surface area contributed by atoms with Gasteiger partial charge in [-0.2, -0.15) is 0 Å². The minimum atomic E-state index is -0.0311. The van der Waals surface area contributed by atoms with Gasteiger partial charge in [-0.25, -0.2) is 0 Å². The van der Waals surface area contributed by atoms with Crippen LogP contribution in [0.5, 0.6) is 0 Å². The van der Waals surface area contributed by atoms with E-state index in [1.165, 1.54) is 32.1 Å². The van der Waals surface area contributed by atoms with E-state index in [2.05, 4.69) is 26.1 Å². The predicted molar refractivity (Wildman–Crippen MR) is 76.0 cm³/mol. The van der Waals surface area contributed by atoms with Crippen molar-refractivity contribution >= 4 is 0 Å². The normalized spacial score (nSPS) is 22.3. The predicted octanol–water partition coefficient (Wildman–Crippen LogP) is 3.13. The van der Waals surface area contributed by atoms with Gasteiger partial charge in [0.2, 0.25) is 0 Å². The minimum absolute atomic E-state index is 0.0311. The highest BCUT2D eigenvalue weighted by Crippen LogP contribution is 2.21. The van der Waals surface area contributed by atoms with Gasteiger partial charge in [-0.05, 0) is 58.9 Å². The molecule has 0 radical (unpaired) electrons. The molecule has 1 heterocycles. The van der Waals surface area contributed by atoms with Crippen molar-refractivity contribution in [3.63, 3.8) is 0 Å². The van der Waals surface area contributed by atoms with E-state index in [0.29, 0.717) is 12.1 Å². The molecule has 0 saturated carbocycles. The molecule has 0 aromatic heterocycles. The zero-order chi connectivity index (χ0) is 13.4. The molecule has 1 fully saturated rings. The van der Waals surface area contributed by atoms with Crippen molar-refractivity contribution in [1.29, 1.82) is 0 Å². The number of ether oxygens (including phenoxy) is 2. The molecule has 0 amide bonds. The number of hydrogen-bond donors (Lipinski definition) is 1. The molecule has 3 heteroatoms. The van der Waals surface area contributed by atoms with Crippen LogP contribution in [0.4, 0.5) is 0 Å². The first-order valence-corrected chi connectivity index (χ1v) is 7.47. The number of nitrogens with one attached hydrogen (secondary N) is 1. The van der Waals surface area contributed by atoms with Crippen molar-refractivity contribution in [2.75, 3.05) is 20.3 Å². The summed E-state index contributed by atoms with van der Waals surface area (Å²) in [4.78, 5) is 0. The maximum atomic E-state index is 5.67. The van der Waals surface area contributed by atoms with Gasteiger partial charge in [-0.1, -0.05) is 6.92 Å². The maximum Gasteiger partial charge on any atom is 0.0637 e. The molecule has 3 nitrogen and oxygen atoms in total. The highest BCUT2D eigenvalue weighted by atomic mass is 16.5. The molecular formula is C15H31NO2. The molecule has 2 unspecified atom stereocenters. The SMILES string of the molecule is CCNC(CCCC1CCCO1)CC(C)(C)OC. The first-order valence-electron chi connectivity index (χ1n) is 7.47. The van der Waals surface area contributed by atoms with Crippen LogP contribution in [0, 0.1) is 0 Å². The van der Waals surface area contributed by atoms with Crippen LogP contribution < -0.4 is 5.32 Å². The van der Waals surface area contributed by atoms with Gasteiger partial charge in [-0.3, -0.25) is 0 Å². The smallest absolute Gasteiger partial charge is 0.0637 e. The molecule has 108 valence electrons. The van der Waals surface area contributed by atoms with Gasteiger partial charge in [-0.15, -0.1) is 0 Å². The van der Waals surface area contributed by atoms with Gasteiger partial charge in [0.25, 0.3) is 0 Å². The van der Waals surface area contributed by atoms with E-state index in [1.54, 1.807) is 7.11 Å². The fraction of sp³-hybridized carbons (Fsp3) is 1.00. The van der Waals surface area contributed by atoms with Crippen LogP contribution in [0.2, 0.25) is 0 Å². The molecule has 1 saturated heterocycles. The van der Waals surface area contributed by atoms with E-state index in [0.717, 1.165) is 19.6 Å². The Hall–Kier alpha value is -0.120. The Bertz CT molecular complexity index is 213. The average molecular weight is 257 g/mol. The topological polar surface area (TPSA) is 30.5 Å². The molecule has 0 spiro atoms. The second-order valence-electron chi connectivity index (χ2n) is 5.99. The zero-order valence-electron chi connectivity index (χ0n) is 12.6. The molecule has 18 heavy (non-hydrogen) atoms. The van der Waals surface area contributed by atoms with Crippen LogP contribution in [0.3, 0.4) is 0 Å². The Balaban J connectivity index is 2.23. The Morgan fingerprint density at radius 2 is 2.22 bits per heavy atom. The number of hydrogen-bond acceptors (Lipinski definition) is 3. The highest BCUT2D eigenvalue weighted by Gasteiger charge is 2.23. The first kappa shape index (κ1) is 15.9. The van der Waals surface area contributed by atoms with Crippen molar-refractivity contribution in [1.82, 2.24) is 5.32 Å². The van der Waals surface area contributed by atoms with E-state index >= 15 is 0 Å². The minimum Gasteiger partial charge on any atom is -0.379 e. The Morgan fingerprint density at radius 1 is 1.44 bits per heavy atom. The van der Waals surface area contributed by atoms with Crippen LogP contribution in [-0.2, 0) is 9.47 Å². The van der Waals surface area contributed by atoms with E-state index in [9.17, 15) is 0 Å². The van der Waals surface area contributed by atoms with Gasteiger partial charge in [0, 0.05) is 19.8 Å². The average Bonchev–Trinajstić information content (AvgIpc) is 2.82. The lowest BCUT2D eigenvalue weighted by atomic mass is 9.94. The monoisotopic (exact) mass is 257 g/mol. The third kappa shape index (κ3) is 6.17. The molecule has 0 aromatic rings. The molecule has 0 bridgehead atoms. The molecule has 1 N–H and O–H groups in total. The summed E-state index contributed by atoms with van der Waals surface area (Å²) in [6.07, 6.45) is 7.80. The van der Waals surface area contributed by atoms with E-state index < -0.39 is 0 Å². The Kier molecular flexibility index (Phi) is 7.20. The second kappa shape index (κ2) is 8.13. The number of rotatable bonds is 9. The van der Waals surface area contributed by atoms with Crippen LogP contribution in [0.15, 0.2) is 0 Å². The summed E-state index contributed by atoms with van der Waals surface area (Å²) in [7, 11) is 1.80. The van der Waals surface area contributed by atoms with Crippen molar-refractivity contribution < 1.29 is 9.47 Å². The van der Waals surface area contributed by atoms with Crippen molar-refractivity contribution in [2.45, 2.75) is 77.0 Å². The molecule has 2 atom stereocenters. The van der Waals surface area contributed by atoms with Crippen LogP contribution in [0.25, 0.3) is 0 Å². The highest BCUT2D eigenvalue weighted by molar-refractivity contribution is 4.78. The number of methoxy groups -OCH3 is 1. The summed E-state index contributed by atoms with van der Waals surface area (Å²) in [6.45, 7) is 8.50. The van der Waals surface area contributed by atoms with Gasteiger partial charge in [0.05, 0.1) is 11.7 Å². The second-order valence-corrected chi connectivity index (χ2v) is 5.99. The molecule has 1 rings (SSSR count). The quantitative estimate of drug-likeness (QED) is 0.688. The summed E-state index contributed by atoms with van der Waals surface area (Å²) >= 11 is 0. The molecule has 1 aliphatic heterocycles. The van der Waals surface area contributed by atoms with Crippen molar-refractivity contribution in [2.24, 2.45) is 0 Å². The van der Waals surface area contributed by atoms with Crippen molar-refractivity contribution in [3.05, 3.63) is 0 Å². The van der Waals surface area contributed by atoms with Gasteiger partial charge in [0.15, 0.2) is 0 Å². The molecule has 0 aliphatic carbocycles. The summed E-state index contributed by atoms with van der Waals surface area (Å²) < 4.78 is 11.2. The van der Waals surface area contributed by atoms with Crippen LogP contribution in [-0.4, -0.2) is 38.0 Å². The lowest BCUT2D eigenvalue weighted by molar-refractivity contribution is 0.00597. The summed E-state index contributed by atoms with van der Waals surface area (Å²) in [5.74, 6) is 0. The van der Waals surface area contributed by atoms with Crippen molar-refractivity contribution in [3.8, 4) is 0 Å². The largest absolute Gasteiger partial charge is 0.379 e. The molecule has 1 aliphatic rings. The van der Waals surface area contributed by atoms with Gasteiger partial charge in [0.1, 0.15) is 0 Å². The Labute approximate surface area is 113 Å². The third-order valence-corrected chi connectivity index (χ3v) is 3.89. The molecular weight excluding hydrogens is 226 g/mol. The maximum absolute atomic E-state index is 5.67. The Morgan fingerprint density at radius 3 is 2.78 bits per heavy atom. The van der Waals surface area contributed by atoms with Crippen LogP contribution >= 0.6 is 0 Å². The molecule has 0 aromatic carbocycles. The van der Waals surface area contributed by atoms with E-state index in [4.69, 9.17) is 9.47 Å². The fourth-order valence-electron chi connectivity index (χ4n) is 2.71. The third-order valence-electron chi connectivity index (χ3n) is 3.89. The lowest BCUT2D eigenvalue weighted by Gasteiger charge is -2.29. The summed E-state index contributed by atoms with van der Waals surface area (Å²) in [6, 6.07) is 0.561. The fourth-order valence-corrected chi connectivity index (χ4v) is 2.71. The van der Waals surface area contributed by atoms with Gasteiger partial charge < -0.3 is 14.8 Å². The van der Waals surface area contributed by atoms with Crippen LogP contribution in [0.1, 0.15) is 59.3 Å². The van der Waals surface area contributed by atoms with Gasteiger partial charge >= 0.3 is 0 Å². The first-order chi connectivity index (χ1) is 8.57. The summed E-state index contributed by atoms with van der Waals surface area (Å²) in [5.41, 5.74) is -0.0311. The summed E-state index contributed by atoms with van der Waals surface area (Å²) in [5, 5.41) is 3.58.